The molecule has 0 N–H and O–H groups in total. The Kier molecular flexibility index (Phi) is 7.07. The van der Waals surface area contributed by atoms with E-state index in [0.717, 1.165) is 45.3 Å². The Labute approximate surface area is 252 Å². The van der Waals surface area contributed by atoms with E-state index in [1.54, 1.807) is 28.4 Å². The van der Waals surface area contributed by atoms with Gasteiger partial charge in [0.25, 0.3) is 0 Å². The molecule has 4 bridgehead atoms. The highest BCUT2D eigenvalue weighted by Gasteiger charge is 2.65. The molecule has 0 aliphatic carbocycles. The molecule has 4 aliphatic rings. The maximum absolute atomic E-state index is 15.0. The van der Waals surface area contributed by atoms with Gasteiger partial charge in [-0.3, -0.25) is 14.6 Å². The van der Waals surface area contributed by atoms with E-state index in [-0.39, 0.29) is 36.0 Å². The van der Waals surface area contributed by atoms with Crippen molar-refractivity contribution >= 4 is 5.78 Å². The zero-order chi connectivity index (χ0) is 29.7. The van der Waals surface area contributed by atoms with E-state index in [1.807, 2.05) is 48.5 Å². The first kappa shape index (κ1) is 27.5. The van der Waals surface area contributed by atoms with Crippen LogP contribution in [0.15, 0.2) is 97.1 Å². The van der Waals surface area contributed by atoms with Crippen molar-refractivity contribution in [1.82, 2.24) is 9.80 Å². The third-order valence-electron chi connectivity index (χ3n) is 9.60. The van der Waals surface area contributed by atoms with Gasteiger partial charge in [-0.15, -0.1) is 0 Å². The van der Waals surface area contributed by atoms with Gasteiger partial charge in [0.05, 0.1) is 46.9 Å². The molecule has 2 unspecified atom stereocenters. The first-order valence-corrected chi connectivity index (χ1v) is 14.7. The fourth-order valence-corrected chi connectivity index (χ4v) is 7.70. The smallest absolute Gasteiger partial charge is 0.146 e. The molecule has 7 heteroatoms. The van der Waals surface area contributed by atoms with Crippen LogP contribution in [0.3, 0.4) is 0 Å². The maximum Gasteiger partial charge on any atom is 0.146 e. The summed E-state index contributed by atoms with van der Waals surface area (Å²) in [6.07, 6.45) is 0. The summed E-state index contributed by atoms with van der Waals surface area (Å²) in [5.74, 6) is 3.02. The standard InChI is InChI=1S/C36H36N2O5/c1-40-26-13-5-22(6-14-26)32-30-33(23-7-15-27(41-2)16-8-23)38-21-37(32)34(24-9-17-28(42-3)18-10-24)31(36(30)39)35(38)25-11-19-29(43-4)20-12-25/h5-20,30-35H,21H2,1-4H3/t30?,31?,32-,33+,34-,35+. The molecule has 4 saturated heterocycles. The van der Waals surface area contributed by atoms with Gasteiger partial charge in [-0.05, 0) is 70.8 Å². The van der Waals surface area contributed by atoms with Crippen molar-refractivity contribution in [1.29, 1.82) is 0 Å². The third-order valence-corrected chi connectivity index (χ3v) is 9.60. The number of hydrogen-bond donors (Lipinski definition) is 0. The molecule has 0 saturated carbocycles. The number of carbonyl (C=O) groups excluding carboxylic acids is 1. The number of methoxy groups -OCH3 is 4. The summed E-state index contributed by atoms with van der Waals surface area (Å²) in [5, 5.41) is 0. The number of nitrogens with zero attached hydrogens (tertiary/aromatic N) is 2. The molecule has 220 valence electrons. The molecule has 0 aromatic heterocycles. The lowest BCUT2D eigenvalue weighted by Crippen LogP contribution is -2.69. The van der Waals surface area contributed by atoms with Crippen LogP contribution in [0.4, 0.5) is 0 Å². The molecule has 7 nitrogen and oxygen atoms in total. The first-order chi connectivity index (χ1) is 21.1. The molecule has 4 heterocycles. The Hall–Kier alpha value is -4.33. The number of benzene rings is 4. The van der Waals surface area contributed by atoms with Crippen molar-refractivity contribution in [3.63, 3.8) is 0 Å². The third kappa shape index (κ3) is 4.46. The lowest BCUT2D eigenvalue weighted by Gasteiger charge is -2.67. The highest BCUT2D eigenvalue weighted by atomic mass is 16.5. The SMILES string of the molecule is COc1ccc([C@@H]2C3C(=O)C4[C@@H](c5ccc(OC)cc5)N2CN([C@H]3c2ccc(OC)cc2)[C@H]4c2ccc(OC)cc2)cc1. The van der Waals surface area contributed by atoms with Gasteiger partial charge >= 0.3 is 0 Å². The number of hydrogen-bond acceptors (Lipinski definition) is 7. The predicted octanol–water partition coefficient (Wildman–Crippen LogP) is 6.39. The van der Waals surface area contributed by atoms with Gasteiger partial charge in [0.1, 0.15) is 28.8 Å². The van der Waals surface area contributed by atoms with Crippen molar-refractivity contribution in [2.45, 2.75) is 24.2 Å². The Morgan fingerprint density at radius 1 is 0.442 bits per heavy atom. The predicted molar refractivity (Wildman–Crippen MR) is 163 cm³/mol. The average molecular weight is 577 g/mol. The number of ketones is 1. The zero-order valence-corrected chi connectivity index (χ0v) is 24.8. The Morgan fingerprint density at radius 3 is 0.884 bits per heavy atom. The fraction of sp³-hybridized carbons (Fsp3) is 0.306. The van der Waals surface area contributed by atoms with Crippen molar-refractivity contribution in [2.75, 3.05) is 35.1 Å². The summed E-state index contributed by atoms with van der Waals surface area (Å²) in [6, 6.07) is 32.5. The minimum atomic E-state index is -0.246. The molecule has 4 aliphatic heterocycles. The van der Waals surface area contributed by atoms with E-state index >= 15 is 4.79 Å². The summed E-state index contributed by atoms with van der Waals surface area (Å²) in [5.41, 5.74) is 4.49. The summed E-state index contributed by atoms with van der Waals surface area (Å²) >= 11 is 0. The molecule has 0 amide bonds. The van der Waals surface area contributed by atoms with Crippen LogP contribution in [0.25, 0.3) is 0 Å². The van der Waals surface area contributed by atoms with E-state index in [9.17, 15) is 0 Å². The molecule has 4 aromatic carbocycles. The van der Waals surface area contributed by atoms with Crippen molar-refractivity contribution in [3.05, 3.63) is 119 Å². The Bertz CT molecular complexity index is 1360. The molecule has 43 heavy (non-hydrogen) atoms. The molecule has 0 spiro atoms. The topological polar surface area (TPSA) is 60.5 Å². The second-order valence-electron chi connectivity index (χ2n) is 11.5. The molecule has 4 aromatic rings. The summed E-state index contributed by atoms with van der Waals surface area (Å²) in [6.45, 7) is 0.709. The average Bonchev–Trinajstić information content (AvgIpc) is 3.07. The van der Waals surface area contributed by atoms with E-state index in [0.29, 0.717) is 12.5 Å². The molecule has 0 radical (unpaired) electrons. The van der Waals surface area contributed by atoms with Gasteiger partial charge in [-0.1, -0.05) is 48.5 Å². The lowest BCUT2D eigenvalue weighted by atomic mass is 9.60. The molecular weight excluding hydrogens is 540 g/mol. The van der Waals surface area contributed by atoms with Gasteiger partial charge < -0.3 is 18.9 Å². The van der Waals surface area contributed by atoms with Crippen molar-refractivity contribution in [3.8, 4) is 23.0 Å². The van der Waals surface area contributed by atoms with E-state index in [4.69, 9.17) is 18.9 Å². The molecule has 8 rings (SSSR count). The van der Waals surface area contributed by atoms with Crippen LogP contribution in [-0.4, -0.2) is 50.7 Å². The van der Waals surface area contributed by atoms with Gasteiger partial charge in [-0.2, -0.15) is 0 Å². The minimum absolute atomic E-state index is 0.0954. The summed E-state index contributed by atoms with van der Waals surface area (Å²) in [7, 11) is 6.71. The van der Waals surface area contributed by atoms with Crippen LogP contribution in [0.1, 0.15) is 46.4 Å². The number of rotatable bonds is 8. The number of ether oxygens (including phenoxy) is 4. The van der Waals surface area contributed by atoms with E-state index in [1.165, 1.54) is 0 Å². The van der Waals surface area contributed by atoms with Gasteiger partial charge in [-0.25, -0.2) is 0 Å². The second kappa shape index (κ2) is 11.1. The Balaban J connectivity index is 1.41. The summed E-state index contributed by atoms with van der Waals surface area (Å²) in [4.78, 5) is 20.1. The monoisotopic (exact) mass is 576 g/mol. The highest BCUT2D eigenvalue weighted by molar-refractivity contribution is 5.89. The highest BCUT2D eigenvalue weighted by Crippen LogP contribution is 2.64. The Morgan fingerprint density at radius 2 is 0.674 bits per heavy atom. The van der Waals surface area contributed by atoms with Gasteiger partial charge in [0.2, 0.25) is 0 Å². The molecular formula is C36H36N2O5. The normalized spacial score (nSPS) is 28.9. The van der Waals surface area contributed by atoms with Crippen LogP contribution in [0.5, 0.6) is 23.0 Å². The van der Waals surface area contributed by atoms with Crippen LogP contribution in [0, 0.1) is 11.8 Å². The van der Waals surface area contributed by atoms with Crippen molar-refractivity contribution < 1.29 is 23.7 Å². The van der Waals surface area contributed by atoms with Crippen LogP contribution < -0.4 is 18.9 Å². The quantitative estimate of drug-likeness (QED) is 0.241. The van der Waals surface area contributed by atoms with Crippen molar-refractivity contribution in [2.24, 2.45) is 11.8 Å². The van der Waals surface area contributed by atoms with Crippen LogP contribution in [-0.2, 0) is 4.79 Å². The zero-order valence-electron chi connectivity index (χ0n) is 24.8. The van der Waals surface area contributed by atoms with Gasteiger partial charge in [0.15, 0.2) is 0 Å². The second-order valence-corrected chi connectivity index (χ2v) is 11.5. The lowest BCUT2D eigenvalue weighted by molar-refractivity contribution is -0.208. The number of piperidine rings is 2. The number of Topliss-reactive ketones (excluding diaryl/α,β-unsaturated/α-hetero) is 1. The number of carbonyl (C=O) groups is 1. The van der Waals surface area contributed by atoms with Gasteiger partial charge in [0, 0.05) is 24.2 Å². The minimum Gasteiger partial charge on any atom is -0.497 e. The molecule has 6 atom stereocenters. The van der Waals surface area contributed by atoms with E-state index in [2.05, 4.69) is 58.3 Å². The maximum atomic E-state index is 15.0. The van der Waals surface area contributed by atoms with Crippen LogP contribution in [0.2, 0.25) is 0 Å². The first-order valence-electron chi connectivity index (χ1n) is 14.7. The summed E-state index contributed by atoms with van der Waals surface area (Å²) < 4.78 is 21.9. The molecule has 4 fully saturated rings. The largest absolute Gasteiger partial charge is 0.497 e. The fourth-order valence-electron chi connectivity index (χ4n) is 7.70. The van der Waals surface area contributed by atoms with E-state index < -0.39 is 0 Å². The van der Waals surface area contributed by atoms with Crippen LogP contribution >= 0.6 is 0 Å².